The van der Waals surface area contributed by atoms with E-state index in [4.69, 9.17) is 4.74 Å². The van der Waals surface area contributed by atoms with Gasteiger partial charge in [-0.15, -0.1) is 0 Å². The lowest BCUT2D eigenvalue weighted by molar-refractivity contribution is -0.00630. The Morgan fingerprint density at radius 1 is 0.833 bits per heavy atom. The summed E-state index contributed by atoms with van der Waals surface area (Å²) in [6.07, 6.45) is -1.37. The lowest BCUT2D eigenvalue weighted by Gasteiger charge is -2.24. The van der Waals surface area contributed by atoms with E-state index in [1.165, 1.54) is 36.4 Å². The van der Waals surface area contributed by atoms with Crippen LogP contribution in [0.5, 0.6) is 0 Å². The first-order chi connectivity index (χ1) is 14.4. The van der Waals surface area contributed by atoms with Crippen LogP contribution in [-0.2, 0) is 11.3 Å². The second-order valence-corrected chi connectivity index (χ2v) is 7.30. The average molecular weight is 415 g/mol. The quantitative estimate of drug-likeness (QED) is 0.550. The molecule has 0 fully saturated rings. The molecule has 158 valence electrons. The standard InChI is InChI=1S/C24H24F3NO2/c1-28(14-17-3-2-4-22(27)13-17)15-23(29)16-30-24(18-5-9-20(25)10-6-18)19-7-11-21(26)12-8-19/h2-13,23-24,29H,14-16H2,1H3/t23-/m0/s1. The van der Waals surface area contributed by atoms with Crippen molar-refractivity contribution < 1.29 is 23.0 Å². The highest BCUT2D eigenvalue weighted by Crippen LogP contribution is 2.27. The van der Waals surface area contributed by atoms with Crippen LogP contribution < -0.4 is 0 Å². The molecule has 3 nitrogen and oxygen atoms in total. The zero-order valence-corrected chi connectivity index (χ0v) is 16.6. The number of likely N-dealkylation sites (N-methyl/N-ethyl adjacent to an activating group) is 1. The van der Waals surface area contributed by atoms with Gasteiger partial charge < -0.3 is 9.84 Å². The van der Waals surface area contributed by atoms with Crippen molar-refractivity contribution in [2.75, 3.05) is 20.2 Å². The van der Waals surface area contributed by atoms with Gasteiger partial charge in [0.25, 0.3) is 0 Å². The maximum absolute atomic E-state index is 13.3. The molecule has 30 heavy (non-hydrogen) atoms. The Kier molecular flexibility index (Phi) is 7.63. The number of hydrogen-bond acceptors (Lipinski definition) is 3. The summed E-state index contributed by atoms with van der Waals surface area (Å²) in [5.41, 5.74) is 2.20. The lowest BCUT2D eigenvalue weighted by atomic mass is 10.0. The third-order valence-electron chi connectivity index (χ3n) is 4.66. The molecule has 3 aromatic rings. The van der Waals surface area contributed by atoms with Gasteiger partial charge in [-0.1, -0.05) is 36.4 Å². The number of ether oxygens (including phenoxy) is 1. The van der Waals surface area contributed by atoms with Crippen molar-refractivity contribution in [1.82, 2.24) is 4.90 Å². The van der Waals surface area contributed by atoms with Gasteiger partial charge in [0, 0.05) is 13.1 Å². The van der Waals surface area contributed by atoms with Gasteiger partial charge in [0.2, 0.25) is 0 Å². The number of nitrogens with zero attached hydrogens (tertiary/aromatic N) is 1. The van der Waals surface area contributed by atoms with Crippen LogP contribution in [0.2, 0.25) is 0 Å². The van der Waals surface area contributed by atoms with Crippen molar-refractivity contribution in [1.29, 1.82) is 0 Å². The number of halogens is 3. The molecule has 0 heterocycles. The van der Waals surface area contributed by atoms with Gasteiger partial charge in [0.05, 0.1) is 12.7 Å². The fourth-order valence-electron chi connectivity index (χ4n) is 3.29. The Bertz CT molecular complexity index is 886. The zero-order valence-electron chi connectivity index (χ0n) is 16.6. The van der Waals surface area contributed by atoms with Gasteiger partial charge in [-0.2, -0.15) is 0 Å². The Morgan fingerprint density at radius 3 is 1.93 bits per heavy atom. The molecule has 0 spiro atoms. The van der Waals surface area contributed by atoms with Crippen LogP contribution in [0.3, 0.4) is 0 Å². The summed E-state index contributed by atoms with van der Waals surface area (Å²) in [7, 11) is 1.82. The molecule has 0 radical (unpaired) electrons. The average Bonchev–Trinajstić information content (AvgIpc) is 2.70. The van der Waals surface area contributed by atoms with Crippen molar-refractivity contribution in [3.05, 3.63) is 107 Å². The highest BCUT2D eigenvalue weighted by molar-refractivity contribution is 5.30. The van der Waals surface area contributed by atoms with Crippen molar-refractivity contribution >= 4 is 0 Å². The van der Waals surface area contributed by atoms with E-state index in [1.807, 2.05) is 18.0 Å². The molecule has 0 aliphatic rings. The summed E-state index contributed by atoms with van der Waals surface area (Å²) < 4.78 is 45.9. The first-order valence-electron chi connectivity index (χ1n) is 9.64. The van der Waals surface area contributed by atoms with Crippen LogP contribution in [-0.4, -0.2) is 36.3 Å². The van der Waals surface area contributed by atoms with Crippen molar-refractivity contribution in [2.45, 2.75) is 18.8 Å². The fraction of sp³-hybridized carbons (Fsp3) is 0.250. The summed E-state index contributed by atoms with van der Waals surface area (Å²) >= 11 is 0. The topological polar surface area (TPSA) is 32.7 Å². The molecule has 0 amide bonds. The highest BCUT2D eigenvalue weighted by atomic mass is 19.1. The van der Waals surface area contributed by atoms with Gasteiger partial charge in [-0.3, -0.25) is 4.90 Å². The number of aliphatic hydroxyl groups is 1. The number of aliphatic hydroxyl groups excluding tert-OH is 1. The smallest absolute Gasteiger partial charge is 0.123 e. The molecule has 0 aliphatic heterocycles. The third kappa shape index (κ3) is 6.42. The molecule has 0 bridgehead atoms. The van der Waals surface area contributed by atoms with Gasteiger partial charge in [-0.25, -0.2) is 13.2 Å². The van der Waals surface area contributed by atoms with E-state index in [0.29, 0.717) is 24.2 Å². The van der Waals surface area contributed by atoms with Crippen LogP contribution in [0.1, 0.15) is 22.8 Å². The highest BCUT2D eigenvalue weighted by Gasteiger charge is 2.18. The number of rotatable bonds is 9. The summed E-state index contributed by atoms with van der Waals surface area (Å²) in [5.74, 6) is -1.03. The molecule has 1 N–H and O–H groups in total. The van der Waals surface area contributed by atoms with E-state index in [2.05, 4.69) is 0 Å². The summed E-state index contributed by atoms with van der Waals surface area (Å²) in [6, 6.07) is 18.0. The Morgan fingerprint density at radius 2 is 1.40 bits per heavy atom. The minimum absolute atomic E-state index is 0.0207. The zero-order chi connectivity index (χ0) is 21.5. The Hall–Kier alpha value is -2.67. The summed E-state index contributed by atoms with van der Waals surface area (Å²) in [4.78, 5) is 1.87. The minimum atomic E-state index is -0.799. The number of benzene rings is 3. The van der Waals surface area contributed by atoms with Crippen molar-refractivity contribution in [3.63, 3.8) is 0 Å². The van der Waals surface area contributed by atoms with Gasteiger partial charge in [0.15, 0.2) is 0 Å². The van der Waals surface area contributed by atoms with Gasteiger partial charge in [-0.05, 0) is 60.1 Å². The van der Waals surface area contributed by atoms with E-state index in [-0.39, 0.29) is 24.1 Å². The molecular weight excluding hydrogens is 391 g/mol. The van der Waals surface area contributed by atoms with Crippen LogP contribution >= 0.6 is 0 Å². The SMILES string of the molecule is CN(Cc1cccc(F)c1)C[C@H](O)COC(c1ccc(F)cc1)c1ccc(F)cc1. The van der Waals surface area contributed by atoms with Gasteiger partial charge in [0.1, 0.15) is 23.6 Å². The van der Waals surface area contributed by atoms with Crippen molar-refractivity contribution in [2.24, 2.45) is 0 Å². The Labute approximate surface area is 174 Å². The number of hydrogen-bond donors (Lipinski definition) is 1. The van der Waals surface area contributed by atoms with E-state index in [9.17, 15) is 18.3 Å². The summed E-state index contributed by atoms with van der Waals surface area (Å²) in [6.45, 7) is 0.817. The first-order valence-corrected chi connectivity index (χ1v) is 9.64. The summed E-state index contributed by atoms with van der Waals surface area (Å²) in [5, 5.41) is 10.4. The van der Waals surface area contributed by atoms with Crippen molar-refractivity contribution in [3.8, 4) is 0 Å². The maximum atomic E-state index is 13.3. The van der Waals surface area contributed by atoms with E-state index in [0.717, 1.165) is 5.56 Å². The van der Waals surface area contributed by atoms with E-state index >= 15 is 0 Å². The molecular formula is C24H24F3NO2. The predicted octanol–water partition coefficient (Wildman–Crippen LogP) is 4.70. The molecule has 1 atom stereocenters. The second kappa shape index (κ2) is 10.4. The van der Waals surface area contributed by atoms with Crippen LogP contribution in [0, 0.1) is 17.5 Å². The normalized spacial score (nSPS) is 12.5. The molecule has 0 aliphatic carbocycles. The van der Waals surface area contributed by atoms with Crippen LogP contribution in [0.4, 0.5) is 13.2 Å². The third-order valence-corrected chi connectivity index (χ3v) is 4.66. The van der Waals surface area contributed by atoms with Crippen LogP contribution in [0.15, 0.2) is 72.8 Å². The molecule has 3 rings (SSSR count). The molecule has 0 unspecified atom stereocenters. The van der Waals surface area contributed by atoms with Gasteiger partial charge >= 0.3 is 0 Å². The van der Waals surface area contributed by atoms with Crippen LogP contribution in [0.25, 0.3) is 0 Å². The lowest BCUT2D eigenvalue weighted by Crippen LogP contribution is -2.32. The predicted molar refractivity (Wildman–Crippen MR) is 109 cm³/mol. The Balaban J connectivity index is 1.62. The monoisotopic (exact) mass is 415 g/mol. The first kappa shape index (κ1) is 22.0. The second-order valence-electron chi connectivity index (χ2n) is 7.30. The maximum Gasteiger partial charge on any atom is 0.123 e. The molecule has 6 heteroatoms. The minimum Gasteiger partial charge on any atom is -0.389 e. The molecule has 0 aromatic heterocycles. The largest absolute Gasteiger partial charge is 0.389 e. The molecule has 3 aromatic carbocycles. The molecule has 0 saturated carbocycles. The van der Waals surface area contributed by atoms with E-state index < -0.39 is 12.2 Å². The van der Waals surface area contributed by atoms with E-state index in [1.54, 1.807) is 30.3 Å². The fourth-order valence-corrected chi connectivity index (χ4v) is 3.29. The molecule has 0 saturated heterocycles.